The number of amides is 1. The van der Waals surface area contributed by atoms with Crippen molar-refractivity contribution in [2.45, 2.75) is 25.8 Å². The van der Waals surface area contributed by atoms with Crippen molar-refractivity contribution in [1.82, 2.24) is 5.32 Å². The number of aliphatic carboxylic acids is 1. The molecule has 0 saturated carbocycles. The fraction of sp³-hybridized carbons (Fsp3) is 0.263. The van der Waals surface area contributed by atoms with Crippen molar-refractivity contribution in [3.8, 4) is 5.75 Å². The summed E-state index contributed by atoms with van der Waals surface area (Å²) in [6, 6.07) is 3.12. The van der Waals surface area contributed by atoms with Crippen LogP contribution in [0.3, 0.4) is 0 Å². The summed E-state index contributed by atoms with van der Waals surface area (Å²) in [5, 5.41) is 18.3. The molecule has 6 N–H and O–H groups in total. The Labute approximate surface area is 191 Å². The van der Waals surface area contributed by atoms with Gasteiger partial charge in [-0.15, -0.1) is 11.3 Å². The lowest BCUT2D eigenvalue weighted by Gasteiger charge is -2.12. The first kappa shape index (κ1) is 25.9. The van der Waals surface area contributed by atoms with E-state index in [0.29, 0.717) is 10.4 Å². The van der Waals surface area contributed by atoms with Crippen molar-refractivity contribution in [3.63, 3.8) is 0 Å². The summed E-state index contributed by atoms with van der Waals surface area (Å²) in [6.07, 6.45) is -0.109. The minimum Gasteiger partial charge on any atom is -0.480 e. The zero-order valence-electron chi connectivity index (χ0n) is 17.1. The smallest absolute Gasteiger partial charge is 0.353 e. The highest BCUT2D eigenvalue weighted by Crippen LogP contribution is 2.26. The van der Waals surface area contributed by atoms with Crippen molar-refractivity contribution < 1.29 is 41.6 Å². The number of nitrogens with one attached hydrogen (secondary N) is 2. The number of carbonyl (C=O) groups excluding carboxylic acids is 2. The van der Waals surface area contributed by atoms with Gasteiger partial charge in [0.15, 0.2) is 11.6 Å². The van der Waals surface area contributed by atoms with Crippen LogP contribution in [0.1, 0.15) is 32.1 Å². The largest absolute Gasteiger partial charge is 0.480 e. The van der Waals surface area contributed by atoms with Crippen LogP contribution in [0.2, 0.25) is 0 Å². The molecule has 0 saturated heterocycles. The number of hydrogen-bond donors (Lipinski definition) is 5. The van der Waals surface area contributed by atoms with Gasteiger partial charge in [0, 0.05) is 16.9 Å². The molecule has 1 heterocycles. The van der Waals surface area contributed by atoms with Crippen molar-refractivity contribution in [3.05, 3.63) is 51.0 Å². The van der Waals surface area contributed by atoms with E-state index in [9.17, 15) is 27.2 Å². The normalized spacial score (nSPS) is 12.1. The SMILES string of the molecule is Cc1cc(C(=O)Oc2ccc(C(=N)N)cc2F)sc1CCC(=O)N[C@@H](CS(=O)(=O)O)C(=O)O. The average molecular weight is 502 g/mol. The van der Waals surface area contributed by atoms with Gasteiger partial charge in [0.1, 0.15) is 22.5 Å². The van der Waals surface area contributed by atoms with E-state index in [1.54, 1.807) is 6.92 Å². The highest BCUT2D eigenvalue weighted by Gasteiger charge is 2.26. The van der Waals surface area contributed by atoms with Crippen molar-refractivity contribution in [2.24, 2.45) is 5.73 Å². The number of benzene rings is 1. The Morgan fingerprint density at radius 2 is 1.97 bits per heavy atom. The Hall–Kier alpha value is -3.36. The average Bonchev–Trinajstić information content (AvgIpc) is 3.07. The van der Waals surface area contributed by atoms with Gasteiger partial charge in [-0.1, -0.05) is 0 Å². The molecule has 0 aliphatic heterocycles. The van der Waals surface area contributed by atoms with Crippen LogP contribution < -0.4 is 15.8 Å². The van der Waals surface area contributed by atoms with Gasteiger partial charge in [-0.25, -0.2) is 14.0 Å². The van der Waals surface area contributed by atoms with Gasteiger partial charge in [0.05, 0.1) is 0 Å². The van der Waals surface area contributed by atoms with Crippen LogP contribution in [0.4, 0.5) is 4.39 Å². The second kappa shape index (κ2) is 10.5. The van der Waals surface area contributed by atoms with Crippen molar-refractivity contribution in [1.29, 1.82) is 5.41 Å². The number of rotatable bonds is 10. The fourth-order valence-electron chi connectivity index (χ4n) is 2.65. The van der Waals surface area contributed by atoms with Crippen LogP contribution >= 0.6 is 11.3 Å². The highest BCUT2D eigenvalue weighted by molar-refractivity contribution is 7.85. The van der Waals surface area contributed by atoms with Crippen LogP contribution in [0.5, 0.6) is 5.75 Å². The summed E-state index contributed by atoms with van der Waals surface area (Å²) < 4.78 is 49.7. The number of esters is 1. The molecule has 0 radical (unpaired) electrons. The number of nitrogen functional groups attached to an aromatic ring is 1. The molecule has 2 rings (SSSR count). The molecule has 1 aromatic carbocycles. The molecule has 11 nitrogen and oxygen atoms in total. The first-order valence-electron chi connectivity index (χ1n) is 9.19. The van der Waals surface area contributed by atoms with Crippen LogP contribution in [0, 0.1) is 18.2 Å². The summed E-state index contributed by atoms with van der Waals surface area (Å²) in [7, 11) is -4.62. The van der Waals surface area contributed by atoms with Crippen molar-refractivity contribution in [2.75, 3.05) is 5.75 Å². The van der Waals surface area contributed by atoms with Gasteiger partial charge < -0.3 is 20.9 Å². The number of amidine groups is 1. The van der Waals surface area contributed by atoms with Crippen LogP contribution in [-0.4, -0.2) is 53.6 Å². The predicted molar refractivity (Wildman–Crippen MR) is 116 cm³/mol. The number of carboxylic acids is 1. The lowest BCUT2D eigenvalue weighted by Crippen LogP contribution is -2.45. The molecule has 1 amide bonds. The molecule has 1 atom stereocenters. The van der Waals surface area contributed by atoms with E-state index in [1.807, 2.05) is 5.32 Å². The molecule has 0 aliphatic carbocycles. The second-order valence-electron chi connectivity index (χ2n) is 6.87. The molecule has 1 aromatic heterocycles. The number of carbonyl (C=O) groups is 3. The van der Waals surface area contributed by atoms with Crippen LogP contribution in [-0.2, 0) is 26.1 Å². The summed E-state index contributed by atoms with van der Waals surface area (Å²) in [6.45, 7) is 1.67. The lowest BCUT2D eigenvalue weighted by atomic mass is 10.2. The molecule has 0 aliphatic rings. The predicted octanol–water partition coefficient (Wildman–Crippen LogP) is 1.09. The van der Waals surface area contributed by atoms with E-state index in [2.05, 4.69) is 0 Å². The van der Waals surface area contributed by atoms with Gasteiger partial charge in [-0.2, -0.15) is 8.42 Å². The maximum atomic E-state index is 14.1. The standard InChI is InChI=1S/C19H20FN3O8S2/c1-9-6-15(19(27)31-13-3-2-10(17(21)22)7-11(13)20)32-14(9)4-5-16(24)23-12(18(25)26)8-33(28,29)30/h2-3,6-7,12H,4-5,8H2,1H3,(H3,21,22)(H,23,24)(H,25,26)(H,28,29,30)/t12-/m0/s1. The number of thiophene rings is 1. The molecule has 2 aromatic rings. The molecular formula is C19H20FN3O8S2. The van der Waals surface area contributed by atoms with E-state index in [-0.39, 0.29) is 34.9 Å². The maximum Gasteiger partial charge on any atom is 0.353 e. The van der Waals surface area contributed by atoms with Crippen LogP contribution in [0.15, 0.2) is 24.3 Å². The Kier molecular flexibility index (Phi) is 8.24. The number of carboxylic acid groups (broad SMARTS) is 1. The first-order valence-corrected chi connectivity index (χ1v) is 11.6. The molecule has 0 fully saturated rings. The zero-order chi connectivity index (χ0) is 24.9. The van der Waals surface area contributed by atoms with Gasteiger partial charge in [0.25, 0.3) is 10.1 Å². The third-order valence-electron chi connectivity index (χ3n) is 4.26. The molecule has 14 heteroatoms. The Balaban J connectivity index is 2.02. The summed E-state index contributed by atoms with van der Waals surface area (Å²) in [5.74, 6) is -5.98. The van der Waals surface area contributed by atoms with Crippen molar-refractivity contribution >= 4 is 45.1 Å². The molecular weight excluding hydrogens is 481 g/mol. The Morgan fingerprint density at radius 1 is 1.30 bits per heavy atom. The van der Waals surface area contributed by atoms with E-state index < -0.39 is 45.6 Å². The van der Waals surface area contributed by atoms with Gasteiger partial charge >= 0.3 is 11.9 Å². The lowest BCUT2D eigenvalue weighted by molar-refractivity contribution is -0.141. The molecule has 0 unspecified atom stereocenters. The van der Waals surface area contributed by atoms with Gasteiger partial charge in [-0.05, 0) is 43.2 Å². The minimum absolute atomic E-state index is 0.107. The summed E-state index contributed by atoms with van der Waals surface area (Å²) in [5.41, 5.74) is 6.04. The van der Waals surface area contributed by atoms with Gasteiger partial charge in [-0.3, -0.25) is 14.8 Å². The van der Waals surface area contributed by atoms with E-state index in [0.717, 1.165) is 17.4 Å². The number of halogens is 1. The highest BCUT2D eigenvalue weighted by atomic mass is 32.2. The number of nitrogens with two attached hydrogens (primary N) is 1. The quantitative estimate of drug-likeness (QED) is 0.104. The number of ether oxygens (including phenoxy) is 1. The summed E-state index contributed by atoms with van der Waals surface area (Å²) >= 11 is 0.995. The third kappa shape index (κ3) is 7.62. The first-order chi connectivity index (χ1) is 15.3. The number of hydrogen-bond acceptors (Lipinski definition) is 8. The van der Waals surface area contributed by atoms with Crippen LogP contribution in [0.25, 0.3) is 0 Å². The Morgan fingerprint density at radius 3 is 2.52 bits per heavy atom. The monoisotopic (exact) mass is 501 g/mol. The minimum atomic E-state index is -4.62. The second-order valence-corrected chi connectivity index (χ2v) is 9.51. The van der Waals surface area contributed by atoms with E-state index in [4.69, 9.17) is 25.5 Å². The Bertz CT molecular complexity index is 1210. The number of aryl methyl sites for hydroxylation is 2. The molecule has 0 bridgehead atoms. The summed E-state index contributed by atoms with van der Waals surface area (Å²) in [4.78, 5) is 36.2. The fourth-order valence-corrected chi connectivity index (χ4v) is 4.35. The molecule has 178 valence electrons. The van der Waals surface area contributed by atoms with E-state index in [1.165, 1.54) is 18.2 Å². The molecule has 0 spiro atoms. The zero-order valence-corrected chi connectivity index (χ0v) is 18.8. The van der Waals surface area contributed by atoms with Gasteiger partial charge in [0.2, 0.25) is 5.91 Å². The van der Waals surface area contributed by atoms with E-state index >= 15 is 0 Å². The molecule has 33 heavy (non-hydrogen) atoms. The maximum absolute atomic E-state index is 14.1. The topological polar surface area (TPSA) is 197 Å². The third-order valence-corrected chi connectivity index (χ3v) is 6.29.